The fourth-order valence-corrected chi connectivity index (χ4v) is 3.72. The van der Waals surface area contributed by atoms with Crippen LogP contribution in [0.25, 0.3) is 0 Å². The summed E-state index contributed by atoms with van der Waals surface area (Å²) < 4.78 is 5.82. The van der Waals surface area contributed by atoms with Crippen molar-refractivity contribution in [2.45, 2.75) is 18.4 Å². The van der Waals surface area contributed by atoms with Gasteiger partial charge in [-0.15, -0.1) is 0 Å². The van der Waals surface area contributed by atoms with Crippen LogP contribution < -0.4 is 10.1 Å². The van der Waals surface area contributed by atoms with Crippen molar-refractivity contribution in [2.24, 2.45) is 0 Å². The van der Waals surface area contributed by atoms with E-state index in [0.29, 0.717) is 42.4 Å². The van der Waals surface area contributed by atoms with Gasteiger partial charge >= 0.3 is 6.03 Å². The number of amides is 2. The van der Waals surface area contributed by atoms with E-state index in [1.807, 2.05) is 60.7 Å². The predicted molar refractivity (Wildman–Crippen MR) is 118 cm³/mol. The van der Waals surface area contributed by atoms with Gasteiger partial charge in [-0.05, 0) is 54.8 Å². The number of halogens is 1. The number of nitrogens with zero attached hydrogens (tertiary/aromatic N) is 1. The molecule has 1 fully saturated rings. The number of hydrogen-bond donors (Lipinski definition) is 2. The summed E-state index contributed by atoms with van der Waals surface area (Å²) in [6.45, 7) is 0.927. The maximum atomic E-state index is 12.7. The molecule has 154 valence electrons. The summed E-state index contributed by atoms with van der Waals surface area (Å²) in [4.78, 5) is 14.4. The van der Waals surface area contributed by atoms with Gasteiger partial charge in [0.2, 0.25) is 0 Å². The Labute approximate surface area is 180 Å². The highest BCUT2D eigenvalue weighted by atomic mass is 35.5. The molecule has 0 unspecified atom stereocenters. The van der Waals surface area contributed by atoms with Crippen molar-refractivity contribution < 1.29 is 14.6 Å². The number of hydrogen-bond acceptors (Lipinski definition) is 3. The van der Waals surface area contributed by atoms with E-state index in [0.717, 1.165) is 11.3 Å². The number of likely N-dealkylation sites (tertiary alicyclic amines) is 1. The molecule has 1 saturated heterocycles. The Morgan fingerprint density at radius 3 is 2.30 bits per heavy atom. The van der Waals surface area contributed by atoms with E-state index in [1.54, 1.807) is 23.1 Å². The van der Waals surface area contributed by atoms with Crippen LogP contribution in [0.1, 0.15) is 18.4 Å². The third-order valence-electron chi connectivity index (χ3n) is 5.32. The third kappa shape index (κ3) is 4.75. The minimum absolute atomic E-state index is 0.190. The maximum absolute atomic E-state index is 12.7. The average molecular weight is 423 g/mol. The number of aliphatic hydroxyl groups is 1. The Morgan fingerprint density at radius 2 is 1.60 bits per heavy atom. The second kappa shape index (κ2) is 8.78. The Morgan fingerprint density at radius 1 is 0.933 bits per heavy atom. The van der Waals surface area contributed by atoms with Gasteiger partial charge in [0, 0.05) is 29.9 Å². The predicted octanol–water partition coefficient (Wildman–Crippen LogP) is 5.65. The van der Waals surface area contributed by atoms with Crippen LogP contribution in [0.5, 0.6) is 11.5 Å². The summed E-state index contributed by atoms with van der Waals surface area (Å²) in [5, 5.41) is 14.5. The maximum Gasteiger partial charge on any atom is 0.321 e. The molecule has 0 spiro atoms. The van der Waals surface area contributed by atoms with Crippen LogP contribution in [0.15, 0.2) is 78.9 Å². The molecule has 2 N–H and O–H groups in total. The molecule has 0 aliphatic carbocycles. The summed E-state index contributed by atoms with van der Waals surface area (Å²) >= 11 is 5.94. The Hall–Kier alpha value is -3.02. The molecule has 0 saturated carbocycles. The van der Waals surface area contributed by atoms with Gasteiger partial charge in [-0.2, -0.15) is 0 Å². The lowest BCUT2D eigenvalue weighted by molar-refractivity contribution is -0.0156. The SMILES string of the molecule is O=C(Nc1cccc(Oc2ccccc2)c1)N1CCC(O)(c2ccc(Cl)cc2)CC1. The van der Waals surface area contributed by atoms with Crippen molar-refractivity contribution in [3.8, 4) is 11.5 Å². The van der Waals surface area contributed by atoms with Gasteiger partial charge in [0.15, 0.2) is 0 Å². The van der Waals surface area contributed by atoms with Crippen LogP contribution in [-0.4, -0.2) is 29.1 Å². The zero-order valence-electron chi connectivity index (χ0n) is 16.4. The normalized spacial score (nSPS) is 15.5. The fraction of sp³-hybridized carbons (Fsp3) is 0.208. The highest BCUT2D eigenvalue weighted by molar-refractivity contribution is 6.30. The second-order valence-electron chi connectivity index (χ2n) is 7.40. The van der Waals surface area contributed by atoms with E-state index in [-0.39, 0.29) is 6.03 Å². The van der Waals surface area contributed by atoms with Crippen LogP contribution >= 0.6 is 11.6 Å². The van der Waals surface area contributed by atoms with Crippen molar-refractivity contribution in [3.63, 3.8) is 0 Å². The number of nitrogens with one attached hydrogen (secondary N) is 1. The topological polar surface area (TPSA) is 61.8 Å². The Bertz CT molecular complexity index is 1000. The molecule has 0 radical (unpaired) electrons. The molecule has 30 heavy (non-hydrogen) atoms. The van der Waals surface area contributed by atoms with Gasteiger partial charge in [0.05, 0.1) is 5.60 Å². The van der Waals surface area contributed by atoms with Gasteiger partial charge < -0.3 is 20.1 Å². The first-order valence-electron chi connectivity index (χ1n) is 9.89. The minimum Gasteiger partial charge on any atom is -0.457 e. The van der Waals surface area contributed by atoms with E-state index in [4.69, 9.17) is 16.3 Å². The van der Waals surface area contributed by atoms with Crippen LogP contribution in [0, 0.1) is 0 Å². The van der Waals surface area contributed by atoms with Gasteiger partial charge in [0.1, 0.15) is 11.5 Å². The minimum atomic E-state index is -0.940. The summed E-state index contributed by atoms with van der Waals surface area (Å²) in [6.07, 6.45) is 0.943. The lowest BCUT2D eigenvalue weighted by Crippen LogP contribution is -2.46. The van der Waals surface area contributed by atoms with E-state index >= 15 is 0 Å². The number of anilines is 1. The molecule has 0 atom stereocenters. The number of ether oxygens (including phenoxy) is 1. The van der Waals surface area contributed by atoms with Crippen LogP contribution in [-0.2, 0) is 5.60 Å². The lowest BCUT2D eigenvalue weighted by Gasteiger charge is -2.38. The van der Waals surface area contributed by atoms with Crippen molar-refractivity contribution in [1.82, 2.24) is 4.90 Å². The summed E-state index contributed by atoms with van der Waals surface area (Å²) in [5.41, 5.74) is 0.551. The fourth-order valence-electron chi connectivity index (χ4n) is 3.59. The summed E-state index contributed by atoms with van der Waals surface area (Å²) in [7, 11) is 0. The lowest BCUT2D eigenvalue weighted by atomic mass is 9.84. The van der Waals surface area contributed by atoms with Crippen LogP contribution in [0.4, 0.5) is 10.5 Å². The first-order chi connectivity index (χ1) is 14.5. The molecule has 4 rings (SSSR count). The van der Waals surface area contributed by atoms with E-state index < -0.39 is 5.60 Å². The van der Waals surface area contributed by atoms with Crippen molar-refractivity contribution in [3.05, 3.63) is 89.4 Å². The van der Waals surface area contributed by atoms with E-state index in [9.17, 15) is 9.90 Å². The number of rotatable bonds is 4. The quantitative estimate of drug-likeness (QED) is 0.571. The summed E-state index contributed by atoms with van der Waals surface area (Å²) in [6, 6.07) is 23.8. The highest BCUT2D eigenvalue weighted by Crippen LogP contribution is 2.33. The van der Waals surface area contributed by atoms with Crippen LogP contribution in [0.3, 0.4) is 0 Å². The number of para-hydroxylation sites is 1. The molecule has 0 aromatic heterocycles. The van der Waals surface area contributed by atoms with Gasteiger partial charge in [-0.3, -0.25) is 0 Å². The van der Waals surface area contributed by atoms with Crippen molar-refractivity contribution >= 4 is 23.3 Å². The zero-order valence-corrected chi connectivity index (χ0v) is 17.2. The number of benzene rings is 3. The molecule has 1 aliphatic rings. The second-order valence-corrected chi connectivity index (χ2v) is 7.84. The number of carbonyl (C=O) groups is 1. The van der Waals surface area contributed by atoms with Crippen LogP contribution in [0.2, 0.25) is 5.02 Å². The third-order valence-corrected chi connectivity index (χ3v) is 5.58. The largest absolute Gasteiger partial charge is 0.457 e. The molecule has 3 aromatic carbocycles. The smallest absolute Gasteiger partial charge is 0.321 e. The molecule has 6 heteroatoms. The Balaban J connectivity index is 1.36. The molecule has 3 aromatic rings. The van der Waals surface area contributed by atoms with E-state index in [2.05, 4.69) is 5.32 Å². The number of urea groups is 1. The summed E-state index contributed by atoms with van der Waals surface area (Å²) in [5.74, 6) is 1.38. The zero-order chi connectivity index (χ0) is 21.0. The van der Waals surface area contributed by atoms with Crippen molar-refractivity contribution in [2.75, 3.05) is 18.4 Å². The molecular weight excluding hydrogens is 400 g/mol. The molecular formula is C24H23ClN2O3. The monoisotopic (exact) mass is 422 g/mol. The standard InChI is InChI=1S/C24H23ClN2O3/c25-19-11-9-18(10-12-19)24(29)13-15-27(16-14-24)23(28)26-20-5-4-8-22(17-20)30-21-6-2-1-3-7-21/h1-12,17,29H,13-16H2,(H,26,28). The Kier molecular flexibility index (Phi) is 5.93. The number of carbonyl (C=O) groups excluding carboxylic acids is 1. The van der Waals surface area contributed by atoms with Gasteiger partial charge in [0.25, 0.3) is 0 Å². The van der Waals surface area contributed by atoms with Gasteiger partial charge in [-0.1, -0.05) is 48.0 Å². The first kappa shape index (κ1) is 20.3. The molecule has 2 amide bonds. The average Bonchev–Trinajstić information content (AvgIpc) is 2.75. The first-order valence-corrected chi connectivity index (χ1v) is 10.3. The van der Waals surface area contributed by atoms with Gasteiger partial charge in [-0.25, -0.2) is 4.79 Å². The molecule has 0 bridgehead atoms. The molecule has 1 heterocycles. The highest BCUT2D eigenvalue weighted by Gasteiger charge is 2.35. The van der Waals surface area contributed by atoms with Crippen molar-refractivity contribution in [1.29, 1.82) is 0 Å². The molecule has 5 nitrogen and oxygen atoms in total. The van der Waals surface area contributed by atoms with E-state index in [1.165, 1.54) is 0 Å². The molecule has 1 aliphatic heterocycles. The number of piperidine rings is 1.